The van der Waals surface area contributed by atoms with E-state index in [1.165, 1.54) is 12.4 Å². The molecule has 2 rings (SSSR count). The fourth-order valence-corrected chi connectivity index (χ4v) is 1.81. The third-order valence-electron chi connectivity index (χ3n) is 3.20. The number of nitrogens with one attached hydrogen (secondary N) is 2. The van der Waals surface area contributed by atoms with E-state index in [1.807, 2.05) is 0 Å². The van der Waals surface area contributed by atoms with Gasteiger partial charge in [0.2, 0.25) is 0 Å². The molecule has 8 heteroatoms. The Morgan fingerprint density at radius 1 is 0.731 bits per heavy atom. The average Bonchev–Trinajstić information content (AvgIpc) is 2.68. The lowest BCUT2D eigenvalue weighted by Gasteiger charge is -2.00. The van der Waals surface area contributed by atoms with Crippen LogP contribution in [0.3, 0.4) is 0 Å². The van der Waals surface area contributed by atoms with Crippen LogP contribution in [0.15, 0.2) is 58.7 Å². The maximum atomic E-state index is 11.6. The van der Waals surface area contributed by atoms with Gasteiger partial charge in [0.1, 0.15) is 11.5 Å². The summed E-state index contributed by atoms with van der Waals surface area (Å²) in [6.07, 6.45) is 2.82. The van der Waals surface area contributed by atoms with Crippen LogP contribution in [0.4, 0.5) is 0 Å². The first-order chi connectivity index (χ1) is 12.6. The summed E-state index contributed by atoms with van der Waals surface area (Å²) < 4.78 is 10.1. The lowest BCUT2D eigenvalue weighted by molar-refractivity contribution is -0.139. The number of amides is 2. The summed E-state index contributed by atoms with van der Waals surface area (Å²) in [7, 11) is 3.14. The summed E-state index contributed by atoms with van der Waals surface area (Å²) in [5, 5.41) is 7.42. The van der Waals surface area contributed by atoms with Crippen LogP contribution in [0, 0.1) is 0 Å². The molecule has 134 valence electrons. The summed E-state index contributed by atoms with van der Waals surface area (Å²) in [6.45, 7) is 0. The van der Waals surface area contributed by atoms with E-state index in [2.05, 4.69) is 21.1 Å². The highest BCUT2D eigenvalue weighted by Crippen LogP contribution is 2.10. The van der Waals surface area contributed by atoms with Gasteiger partial charge in [-0.05, 0) is 59.7 Å². The van der Waals surface area contributed by atoms with E-state index in [9.17, 15) is 9.59 Å². The number of methoxy groups -OCH3 is 2. The number of nitrogens with zero attached hydrogens (tertiary/aromatic N) is 2. The molecule has 0 aromatic heterocycles. The van der Waals surface area contributed by atoms with Crippen molar-refractivity contribution >= 4 is 24.2 Å². The topological polar surface area (TPSA) is 101 Å². The number of hydrogen-bond acceptors (Lipinski definition) is 6. The highest BCUT2D eigenvalue weighted by atomic mass is 16.5. The normalized spacial score (nSPS) is 10.7. The van der Waals surface area contributed by atoms with Gasteiger partial charge in [-0.2, -0.15) is 10.2 Å². The largest absolute Gasteiger partial charge is 0.497 e. The molecule has 8 nitrogen and oxygen atoms in total. The van der Waals surface area contributed by atoms with Gasteiger partial charge in [-0.1, -0.05) is 0 Å². The second-order valence-electron chi connectivity index (χ2n) is 4.94. The molecule has 2 N–H and O–H groups in total. The van der Waals surface area contributed by atoms with Gasteiger partial charge in [-0.3, -0.25) is 9.59 Å². The molecule has 0 heterocycles. The minimum absolute atomic E-state index is 0.709. The van der Waals surface area contributed by atoms with Gasteiger partial charge in [0.15, 0.2) is 0 Å². The molecule has 0 spiro atoms. The van der Waals surface area contributed by atoms with Crippen LogP contribution in [0.2, 0.25) is 0 Å². The van der Waals surface area contributed by atoms with Gasteiger partial charge in [-0.25, -0.2) is 10.9 Å². The predicted molar refractivity (Wildman–Crippen MR) is 97.5 cm³/mol. The van der Waals surface area contributed by atoms with E-state index in [4.69, 9.17) is 9.47 Å². The van der Waals surface area contributed by atoms with Gasteiger partial charge in [-0.15, -0.1) is 0 Å². The Morgan fingerprint density at radius 2 is 1.08 bits per heavy atom. The molecular formula is C18H18N4O4. The summed E-state index contributed by atoms with van der Waals surface area (Å²) >= 11 is 0. The monoisotopic (exact) mass is 354 g/mol. The Hall–Kier alpha value is -3.68. The molecule has 0 saturated heterocycles. The zero-order valence-electron chi connectivity index (χ0n) is 14.3. The van der Waals surface area contributed by atoms with Crippen LogP contribution >= 0.6 is 0 Å². The summed E-state index contributed by atoms with van der Waals surface area (Å²) in [5.74, 6) is -0.441. The van der Waals surface area contributed by atoms with Crippen molar-refractivity contribution in [2.75, 3.05) is 14.2 Å². The Morgan fingerprint density at radius 3 is 1.38 bits per heavy atom. The van der Waals surface area contributed by atoms with Crippen LogP contribution in [0.5, 0.6) is 11.5 Å². The highest BCUT2D eigenvalue weighted by Gasteiger charge is 2.10. The third kappa shape index (κ3) is 5.75. The number of carbonyl (C=O) groups is 2. The first-order valence-electron chi connectivity index (χ1n) is 7.57. The number of rotatable bonds is 6. The van der Waals surface area contributed by atoms with Gasteiger partial charge >= 0.3 is 11.8 Å². The fraction of sp³-hybridized carbons (Fsp3) is 0.111. The first-order valence-corrected chi connectivity index (χ1v) is 7.57. The van der Waals surface area contributed by atoms with Crippen molar-refractivity contribution in [3.63, 3.8) is 0 Å². The van der Waals surface area contributed by atoms with E-state index in [0.717, 1.165) is 11.1 Å². The quantitative estimate of drug-likeness (QED) is 0.464. The van der Waals surface area contributed by atoms with Crippen molar-refractivity contribution in [2.24, 2.45) is 10.2 Å². The van der Waals surface area contributed by atoms with E-state index >= 15 is 0 Å². The lowest BCUT2D eigenvalue weighted by atomic mass is 10.2. The molecule has 0 atom stereocenters. The van der Waals surface area contributed by atoms with E-state index in [-0.39, 0.29) is 0 Å². The SMILES string of the molecule is COc1ccc(C=NNC(=O)C(=O)N/N=C\c2ccc(OC)cc2)cc1. The van der Waals surface area contributed by atoms with Crippen molar-refractivity contribution < 1.29 is 19.1 Å². The molecule has 0 saturated carbocycles. The molecule has 0 radical (unpaired) electrons. The Kier molecular flexibility index (Phi) is 6.87. The summed E-state index contributed by atoms with van der Waals surface area (Å²) in [6, 6.07) is 14.0. The molecule has 2 amide bonds. The minimum Gasteiger partial charge on any atom is -0.497 e. The van der Waals surface area contributed by atoms with Gasteiger partial charge in [0.05, 0.1) is 26.6 Å². The van der Waals surface area contributed by atoms with Gasteiger partial charge in [0, 0.05) is 0 Å². The third-order valence-corrected chi connectivity index (χ3v) is 3.20. The molecule has 0 aliphatic heterocycles. The van der Waals surface area contributed by atoms with Crippen molar-refractivity contribution in [3.05, 3.63) is 59.7 Å². The predicted octanol–water partition coefficient (Wildman–Crippen LogP) is 1.30. The fourth-order valence-electron chi connectivity index (χ4n) is 1.81. The van der Waals surface area contributed by atoms with Crippen LogP contribution in [-0.2, 0) is 9.59 Å². The average molecular weight is 354 g/mol. The number of hydrazone groups is 2. The molecule has 2 aromatic carbocycles. The molecule has 0 fully saturated rings. The summed E-state index contributed by atoms with van der Waals surface area (Å²) in [4.78, 5) is 23.2. The molecule has 0 aliphatic rings. The maximum Gasteiger partial charge on any atom is 0.331 e. The minimum atomic E-state index is -0.929. The highest BCUT2D eigenvalue weighted by molar-refractivity contribution is 6.35. The molecule has 2 aromatic rings. The Labute approximate surface area is 150 Å². The van der Waals surface area contributed by atoms with Crippen molar-refractivity contribution in [3.8, 4) is 11.5 Å². The molecule has 0 bridgehead atoms. The van der Waals surface area contributed by atoms with Crippen LogP contribution < -0.4 is 20.3 Å². The lowest BCUT2D eigenvalue weighted by Crippen LogP contribution is -2.35. The van der Waals surface area contributed by atoms with E-state index in [0.29, 0.717) is 11.5 Å². The van der Waals surface area contributed by atoms with Crippen molar-refractivity contribution in [1.82, 2.24) is 10.9 Å². The van der Waals surface area contributed by atoms with E-state index < -0.39 is 11.8 Å². The summed E-state index contributed by atoms with van der Waals surface area (Å²) in [5.41, 5.74) is 5.72. The molecule has 26 heavy (non-hydrogen) atoms. The maximum absolute atomic E-state index is 11.6. The zero-order chi connectivity index (χ0) is 18.8. The number of ether oxygens (including phenoxy) is 2. The Balaban J connectivity index is 1.79. The van der Waals surface area contributed by atoms with Gasteiger partial charge < -0.3 is 9.47 Å². The van der Waals surface area contributed by atoms with Crippen LogP contribution in [0.1, 0.15) is 11.1 Å². The van der Waals surface area contributed by atoms with Crippen molar-refractivity contribution in [2.45, 2.75) is 0 Å². The van der Waals surface area contributed by atoms with Crippen LogP contribution in [-0.4, -0.2) is 38.5 Å². The van der Waals surface area contributed by atoms with E-state index in [1.54, 1.807) is 62.8 Å². The first kappa shape index (κ1) is 18.7. The smallest absolute Gasteiger partial charge is 0.331 e. The number of carbonyl (C=O) groups excluding carboxylic acids is 2. The van der Waals surface area contributed by atoms with Crippen LogP contribution in [0.25, 0.3) is 0 Å². The number of hydrogen-bond donors (Lipinski definition) is 2. The zero-order valence-corrected chi connectivity index (χ0v) is 14.3. The Bertz CT molecular complexity index is 729. The second-order valence-corrected chi connectivity index (χ2v) is 4.94. The molecule has 0 unspecified atom stereocenters. The second kappa shape index (κ2) is 9.58. The van der Waals surface area contributed by atoms with Crippen molar-refractivity contribution in [1.29, 1.82) is 0 Å². The number of benzene rings is 2. The van der Waals surface area contributed by atoms with Gasteiger partial charge in [0.25, 0.3) is 0 Å². The molecule has 0 aliphatic carbocycles. The molecular weight excluding hydrogens is 336 g/mol. The standard InChI is InChI=1S/C18H18N4O4/c1-25-15-7-3-13(4-8-15)11-19-21-17(23)18(24)22-20-12-14-5-9-16(26-2)10-6-14/h3-12H,1-2H3,(H,21,23)(H,22,24)/b19-11-,20-12?.